The molecule has 0 aliphatic carbocycles. The maximum atomic E-state index is 12.7. The Balaban J connectivity index is 1.77. The lowest BCUT2D eigenvalue weighted by Gasteiger charge is -2.25. The van der Waals surface area contributed by atoms with Crippen molar-refractivity contribution in [3.8, 4) is 0 Å². The molecule has 1 aliphatic rings. The molecular formula is C19H18F3NO3S. The van der Waals surface area contributed by atoms with Gasteiger partial charge in [-0.05, 0) is 49.2 Å². The number of alkyl halides is 3. The summed E-state index contributed by atoms with van der Waals surface area (Å²) in [5, 5.41) is 0. The fraction of sp³-hybridized carbons (Fsp3) is 0.316. The Hall–Kier alpha value is -2.35. The van der Waals surface area contributed by atoms with Crippen LogP contribution in [0.2, 0.25) is 0 Å². The predicted molar refractivity (Wildman–Crippen MR) is 94.0 cm³/mol. The molecule has 0 bridgehead atoms. The molecule has 1 unspecified atom stereocenters. The predicted octanol–water partition coefficient (Wildman–Crippen LogP) is 3.78. The third kappa shape index (κ3) is 4.32. The van der Waals surface area contributed by atoms with E-state index in [1.807, 2.05) is 0 Å². The van der Waals surface area contributed by atoms with Crippen LogP contribution in [0, 0.1) is 0 Å². The zero-order valence-electron chi connectivity index (χ0n) is 14.3. The van der Waals surface area contributed by atoms with Gasteiger partial charge in [-0.25, -0.2) is 8.42 Å². The molecule has 1 atom stereocenters. The van der Waals surface area contributed by atoms with Crippen molar-refractivity contribution >= 4 is 15.7 Å². The van der Waals surface area contributed by atoms with Crippen molar-refractivity contribution < 1.29 is 26.4 Å². The second-order valence-electron chi connectivity index (χ2n) is 6.46. The van der Waals surface area contributed by atoms with E-state index in [9.17, 15) is 26.4 Å². The van der Waals surface area contributed by atoms with Crippen LogP contribution in [0.25, 0.3) is 0 Å². The van der Waals surface area contributed by atoms with Crippen LogP contribution in [0.15, 0.2) is 59.5 Å². The molecule has 2 aromatic rings. The second-order valence-corrected chi connectivity index (χ2v) is 8.50. The first-order valence-electron chi connectivity index (χ1n) is 8.44. The number of halogens is 3. The van der Waals surface area contributed by atoms with Crippen molar-refractivity contribution in [1.29, 1.82) is 0 Å². The van der Waals surface area contributed by atoms with Crippen LogP contribution in [-0.4, -0.2) is 37.6 Å². The fourth-order valence-corrected chi connectivity index (χ4v) is 4.84. The molecule has 0 spiro atoms. The van der Waals surface area contributed by atoms with Crippen LogP contribution < -0.4 is 0 Å². The van der Waals surface area contributed by atoms with Gasteiger partial charge in [0.05, 0.1) is 16.2 Å². The maximum Gasteiger partial charge on any atom is 0.416 e. The number of rotatable bonds is 4. The summed E-state index contributed by atoms with van der Waals surface area (Å²) in [4.78, 5) is 14.3. The van der Waals surface area contributed by atoms with Gasteiger partial charge in [0.1, 0.15) is 0 Å². The third-order valence-electron chi connectivity index (χ3n) is 4.61. The van der Waals surface area contributed by atoms with Gasteiger partial charge in [-0.3, -0.25) is 4.79 Å². The number of likely N-dealkylation sites (tertiary alicyclic amines) is 1. The SMILES string of the molecule is O=C(c1ccc(C(F)(F)F)cc1)N1CCCC1CS(=O)(=O)c1ccccc1. The normalized spacial score (nSPS) is 17.9. The lowest BCUT2D eigenvalue weighted by molar-refractivity contribution is -0.137. The van der Waals surface area contributed by atoms with Gasteiger partial charge in [0.15, 0.2) is 9.84 Å². The molecule has 0 N–H and O–H groups in total. The molecule has 1 heterocycles. The average Bonchev–Trinajstić information content (AvgIpc) is 3.08. The minimum atomic E-state index is -4.47. The summed E-state index contributed by atoms with van der Waals surface area (Å²) in [5.74, 6) is -0.655. The highest BCUT2D eigenvalue weighted by molar-refractivity contribution is 7.91. The van der Waals surface area contributed by atoms with Crippen molar-refractivity contribution in [2.75, 3.05) is 12.3 Å². The monoisotopic (exact) mass is 397 g/mol. The number of amides is 1. The van der Waals surface area contributed by atoms with Gasteiger partial charge in [0.25, 0.3) is 5.91 Å². The number of benzene rings is 2. The highest BCUT2D eigenvalue weighted by Crippen LogP contribution is 2.30. The molecule has 1 fully saturated rings. The topological polar surface area (TPSA) is 54.5 Å². The zero-order valence-corrected chi connectivity index (χ0v) is 15.1. The van der Waals surface area contributed by atoms with Crippen LogP contribution in [0.3, 0.4) is 0 Å². The fourth-order valence-electron chi connectivity index (χ4n) is 3.22. The van der Waals surface area contributed by atoms with Gasteiger partial charge in [-0.1, -0.05) is 18.2 Å². The number of sulfone groups is 1. The second kappa shape index (κ2) is 7.34. The summed E-state index contributed by atoms with van der Waals surface area (Å²) >= 11 is 0. The first kappa shape index (κ1) is 19.4. The van der Waals surface area contributed by atoms with Crippen molar-refractivity contribution in [2.24, 2.45) is 0 Å². The molecule has 0 saturated carbocycles. The maximum absolute atomic E-state index is 12.7. The summed E-state index contributed by atoms with van der Waals surface area (Å²) < 4.78 is 63.2. The van der Waals surface area contributed by atoms with Crippen molar-refractivity contribution in [2.45, 2.75) is 30.0 Å². The quantitative estimate of drug-likeness (QED) is 0.789. The van der Waals surface area contributed by atoms with E-state index in [0.717, 1.165) is 24.3 Å². The standard InChI is InChI=1S/C19H18F3NO3S/c20-19(21,22)15-10-8-14(9-11-15)18(24)23-12-4-5-16(23)13-27(25,26)17-6-2-1-3-7-17/h1-3,6-11,16H,4-5,12-13H2. The Bertz CT molecular complexity index is 909. The molecule has 1 aliphatic heterocycles. The first-order valence-corrected chi connectivity index (χ1v) is 10.1. The average molecular weight is 397 g/mol. The lowest BCUT2D eigenvalue weighted by atomic mass is 10.1. The highest BCUT2D eigenvalue weighted by Gasteiger charge is 2.34. The Morgan fingerprint density at radius 3 is 2.26 bits per heavy atom. The molecule has 8 heteroatoms. The summed E-state index contributed by atoms with van der Waals surface area (Å²) in [7, 11) is -3.56. The molecule has 27 heavy (non-hydrogen) atoms. The van der Waals surface area contributed by atoms with Crippen LogP contribution in [-0.2, 0) is 16.0 Å². The molecule has 2 aromatic carbocycles. The van der Waals surface area contributed by atoms with Crippen LogP contribution in [0.1, 0.15) is 28.8 Å². The zero-order chi connectivity index (χ0) is 19.7. The van der Waals surface area contributed by atoms with Gasteiger partial charge in [0.2, 0.25) is 0 Å². The lowest BCUT2D eigenvalue weighted by Crippen LogP contribution is -2.39. The van der Waals surface area contributed by atoms with E-state index in [0.29, 0.717) is 19.4 Å². The van der Waals surface area contributed by atoms with Crippen LogP contribution >= 0.6 is 0 Å². The Labute approximate surface area is 155 Å². The van der Waals surface area contributed by atoms with Gasteiger partial charge in [-0.2, -0.15) is 13.2 Å². The summed E-state index contributed by atoms with van der Waals surface area (Å²) in [5.41, 5.74) is -0.712. The molecule has 1 amide bonds. The number of nitrogens with zero attached hydrogens (tertiary/aromatic N) is 1. The molecule has 0 radical (unpaired) electrons. The van der Waals surface area contributed by atoms with Gasteiger partial charge in [0, 0.05) is 18.2 Å². The molecule has 3 rings (SSSR count). The van der Waals surface area contributed by atoms with E-state index in [1.54, 1.807) is 18.2 Å². The number of hydrogen-bond acceptors (Lipinski definition) is 3. The highest BCUT2D eigenvalue weighted by atomic mass is 32.2. The summed E-state index contributed by atoms with van der Waals surface area (Å²) in [6.07, 6.45) is -3.28. The number of hydrogen-bond donors (Lipinski definition) is 0. The van der Waals surface area contributed by atoms with E-state index < -0.39 is 33.5 Å². The van der Waals surface area contributed by atoms with Crippen molar-refractivity contribution in [3.63, 3.8) is 0 Å². The van der Waals surface area contributed by atoms with Crippen LogP contribution in [0.4, 0.5) is 13.2 Å². The third-order valence-corrected chi connectivity index (χ3v) is 6.43. The largest absolute Gasteiger partial charge is 0.416 e. The smallest absolute Gasteiger partial charge is 0.335 e. The van der Waals surface area contributed by atoms with E-state index in [4.69, 9.17) is 0 Å². The van der Waals surface area contributed by atoms with Crippen molar-refractivity contribution in [3.05, 3.63) is 65.7 Å². The number of carbonyl (C=O) groups excluding carboxylic acids is 1. The minimum Gasteiger partial charge on any atom is -0.335 e. The van der Waals surface area contributed by atoms with Crippen molar-refractivity contribution in [1.82, 2.24) is 4.90 Å². The Morgan fingerprint density at radius 1 is 1.04 bits per heavy atom. The number of carbonyl (C=O) groups is 1. The molecule has 144 valence electrons. The van der Waals surface area contributed by atoms with E-state index in [-0.39, 0.29) is 16.2 Å². The van der Waals surface area contributed by atoms with Gasteiger partial charge < -0.3 is 4.90 Å². The molecule has 0 aromatic heterocycles. The van der Waals surface area contributed by atoms with E-state index >= 15 is 0 Å². The Morgan fingerprint density at radius 2 is 1.67 bits per heavy atom. The molecular weight excluding hydrogens is 379 g/mol. The van der Waals surface area contributed by atoms with Gasteiger partial charge in [-0.15, -0.1) is 0 Å². The minimum absolute atomic E-state index is 0.118. The Kier molecular flexibility index (Phi) is 5.28. The molecule has 4 nitrogen and oxygen atoms in total. The van der Waals surface area contributed by atoms with Gasteiger partial charge >= 0.3 is 6.18 Å². The van der Waals surface area contributed by atoms with E-state index in [2.05, 4.69) is 0 Å². The first-order chi connectivity index (χ1) is 12.7. The van der Waals surface area contributed by atoms with Crippen LogP contribution in [0.5, 0.6) is 0 Å². The summed E-state index contributed by atoms with van der Waals surface area (Å²) in [6.45, 7) is 0.384. The summed E-state index contributed by atoms with van der Waals surface area (Å²) in [6, 6.07) is 11.5. The van der Waals surface area contributed by atoms with E-state index in [1.165, 1.54) is 17.0 Å². The molecule has 1 saturated heterocycles.